The highest BCUT2D eigenvalue weighted by molar-refractivity contribution is 5.37. The van der Waals surface area contributed by atoms with E-state index in [4.69, 9.17) is 0 Å². The summed E-state index contributed by atoms with van der Waals surface area (Å²) in [4.78, 5) is 0. The standard InChI is InChI=1S/C17H16F3NO/c18-14-8-16(20)15(19)7-12(14)9-21-10-17(22)6-5-11-3-1-2-4-13(11)17/h1-4,7-8,21-22H,5-6,9-10H2. The van der Waals surface area contributed by atoms with Crippen LogP contribution < -0.4 is 5.32 Å². The molecular formula is C17H16F3NO. The largest absolute Gasteiger partial charge is 0.384 e. The highest BCUT2D eigenvalue weighted by atomic mass is 19.2. The fourth-order valence-electron chi connectivity index (χ4n) is 2.96. The quantitative estimate of drug-likeness (QED) is 0.851. The Morgan fingerprint density at radius 2 is 1.77 bits per heavy atom. The predicted octanol–water partition coefficient (Wildman–Crippen LogP) is 3.03. The summed E-state index contributed by atoms with van der Waals surface area (Å²) in [7, 11) is 0. The Bertz CT molecular complexity index is 704. The van der Waals surface area contributed by atoms with Gasteiger partial charge in [-0.05, 0) is 30.0 Å². The summed E-state index contributed by atoms with van der Waals surface area (Å²) in [6.45, 7) is 0.246. The van der Waals surface area contributed by atoms with Gasteiger partial charge in [0.2, 0.25) is 0 Å². The second-order valence-corrected chi connectivity index (χ2v) is 5.65. The highest BCUT2D eigenvalue weighted by Crippen LogP contribution is 2.36. The topological polar surface area (TPSA) is 32.3 Å². The van der Waals surface area contributed by atoms with Gasteiger partial charge in [-0.25, -0.2) is 13.2 Å². The van der Waals surface area contributed by atoms with E-state index < -0.39 is 23.1 Å². The SMILES string of the molecule is OC1(CNCc2cc(F)c(F)cc2F)CCc2ccccc21. The summed E-state index contributed by atoms with van der Waals surface area (Å²) in [5.74, 6) is -3.09. The van der Waals surface area contributed by atoms with Crippen molar-refractivity contribution in [1.29, 1.82) is 0 Å². The molecule has 1 unspecified atom stereocenters. The van der Waals surface area contributed by atoms with Gasteiger partial charge in [-0.3, -0.25) is 0 Å². The van der Waals surface area contributed by atoms with Crippen molar-refractivity contribution in [2.24, 2.45) is 0 Å². The molecule has 116 valence electrons. The van der Waals surface area contributed by atoms with Crippen molar-refractivity contribution < 1.29 is 18.3 Å². The lowest BCUT2D eigenvalue weighted by Gasteiger charge is -2.24. The Labute approximate surface area is 126 Å². The van der Waals surface area contributed by atoms with Crippen molar-refractivity contribution in [1.82, 2.24) is 5.32 Å². The molecule has 2 N–H and O–H groups in total. The summed E-state index contributed by atoms with van der Waals surface area (Å²) in [6, 6.07) is 9.01. The number of fused-ring (bicyclic) bond motifs is 1. The first-order valence-corrected chi connectivity index (χ1v) is 7.14. The lowest BCUT2D eigenvalue weighted by Crippen LogP contribution is -2.36. The molecule has 0 spiro atoms. The maximum Gasteiger partial charge on any atom is 0.161 e. The van der Waals surface area contributed by atoms with Gasteiger partial charge in [-0.1, -0.05) is 24.3 Å². The van der Waals surface area contributed by atoms with Crippen LogP contribution in [0.1, 0.15) is 23.1 Å². The third kappa shape index (κ3) is 2.74. The Morgan fingerprint density at radius 3 is 2.59 bits per heavy atom. The number of aryl methyl sites for hydroxylation is 1. The Kier molecular flexibility index (Phi) is 3.93. The molecule has 1 aliphatic rings. The Balaban J connectivity index is 1.68. The predicted molar refractivity (Wildman–Crippen MR) is 76.7 cm³/mol. The van der Waals surface area contributed by atoms with E-state index in [1.807, 2.05) is 24.3 Å². The monoisotopic (exact) mass is 307 g/mol. The molecule has 0 fully saturated rings. The van der Waals surface area contributed by atoms with E-state index in [-0.39, 0.29) is 18.7 Å². The Hall–Kier alpha value is -1.85. The van der Waals surface area contributed by atoms with Crippen molar-refractivity contribution in [2.75, 3.05) is 6.54 Å². The van der Waals surface area contributed by atoms with Gasteiger partial charge >= 0.3 is 0 Å². The molecule has 2 aromatic rings. The highest BCUT2D eigenvalue weighted by Gasteiger charge is 2.35. The molecule has 3 rings (SSSR count). The number of halogens is 3. The van der Waals surface area contributed by atoms with Crippen LogP contribution in [0.4, 0.5) is 13.2 Å². The van der Waals surface area contributed by atoms with E-state index >= 15 is 0 Å². The molecule has 22 heavy (non-hydrogen) atoms. The number of rotatable bonds is 4. The summed E-state index contributed by atoms with van der Waals surface area (Å²) in [5.41, 5.74) is 0.999. The number of nitrogens with one attached hydrogen (secondary N) is 1. The molecule has 5 heteroatoms. The third-order valence-corrected chi connectivity index (χ3v) is 4.15. The van der Waals surface area contributed by atoms with Crippen molar-refractivity contribution in [2.45, 2.75) is 25.0 Å². The van der Waals surface area contributed by atoms with Crippen LogP contribution in [-0.2, 0) is 18.6 Å². The van der Waals surface area contributed by atoms with Crippen LogP contribution in [-0.4, -0.2) is 11.7 Å². The molecule has 0 aliphatic heterocycles. The minimum absolute atomic E-state index is 0.0213. The Morgan fingerprint density at radius 1 is 1.05 bits per heavy atom. The molecule has 0 amide bonds. The van der Waals surface area contributed by atoms with Crippen molar-refractivity contribution >= 4 is 0 Å². The van der Waals surface area contributed by atoms with E-state index in [1.54, 1.807) is 0 Å². The smallest absolute Gasteiger partial charge is 0.161 e. The van der Waals surface area contributed by atoms with Gasteiger partial charge < -0.3 is 10.4 Å². The van der Waals surface area contributed by atoms with Gasteiger partial charge in [0, 0.05) is 24.7 Å². The van der Waals surface area contributed by atoms with Crippen molar-refractivity contribution in [3.8, 4) is 0 Å². The lowest BCUT2D eigenvalue weighted by atomic mass is 9.96. The van der Waals surface area contributed by atoms with Gasteiger partial charge in [0.05, 0.1) is 0 Å². The normalized spacial score (nSPS) is 20.2. The molecule has 0 saturated carbocycles. The van der Waals surface area contributed by atoms with E-state index in [1.165, 1.54) is 0 Å². The van der Waals surface area contributed by atoms with Crippen LogP contribution >= 0.6 is 0 Å². The maximum absolute atomic E-state index is 13.6. The minimum Gasteiger partial charge on any atom is -0.384 e. The van der Waals surface area contributed by atoms with Crippen LogP contribution in [0.5, 0.6) is 0 Å². The molecule has 0 bridgehead atoms. The second-order valence-electron chi connectivity index (χ2n) is 5.65. The number of benzene rings is 2. The summed E-state index contributed by atoms with van der Waals surface area (Å²) < 4.78 is 39.6. The van der Waals surface area contributed by atoms with E-state index in [9.17, 15) is 18.3 Å². The summed E-state index contributed by atoms with van der Waals surface area (Å²) in [6.07, 6.45) is 1.37. The zero-order valence-electron chi connectivity index (χ0n) is 11.9. The van der Waals surface area contributed by atoms with Gasteiger partial charge in [0.15, 0.2) is 11.6 Å². The van der Waals surface area contributed by atoms with Crippen molar-refractivity contribution in [3.05, 3.63) is 70.5 Å². The van der Waals surface area contributed by atoms with Crippen LogP contribution in [0.25, 0.3) is 0 Å². The molecule has 0 saturated heterocycles. The first kappa shape index (κ1) is 15.1. The summed E-state index contributed by atoms with van der Waals surface area (Å²) in [5, 5.41) is 13.6. The van der Waals surface area contributed by atoms with Crippen LogP contribution in [0.2, 0.25) is 0 Å². The van der Waals surface area contributed by atoms with Gasteiger partial charge in [0.25, 0.3) is 0 Å². The van der Waals surface area contributed by atoms with Gasteiger partial charge in [-0.2, -0.15) is 0 Å². The van der Waals surface area contributed by atoms with E-state index in [2.05, 4.69) is 5.32 Å². The first-order valence-electron chi connectivity index (χ1n) is 7.14. The molecule has 1 atom stereocenters. The fourth-order valence-corrected chi connectivity index (χ4v) is 2.96. The van der Waals surface area contributed by atoms with Crippen LogP contribution in [0, 0.1) is 17.5 Å². The molecule has 0 heterocycles. The van der Waals surface area contributed by atoms with Crippen LogP contribution in [0.15, 0.2) is 36.4 Å². The molecule has 1 aliphatic carbocycles. The molecule has 2 aromatic carbocycles. The maximum atomic E-state index is 13.6. The zero-order valence-corrected chi connectivity index (χ0v) is 11.9. The fraction of sp³-hybridized carbons (Fsp3) is 0.294. The number of hydrogen-bond donors (Lipinski definition) is 2. The van der Waals surface area contributed by atoms with E-state index in [0.29, 0.717) is 12.5 Å². The molecule has 0 aromatic heterocycles. The number of hydrogen-bond acceptors (Lipinski definition) is 2. The third-order valence-electron chi connectivity index (χ3n) is 4.15. The number of aliphatic hydroxyl groups is 1. The van der Waals surface area contributed by atoms with Crippen LogP contribution in [0.3, 0.4) is 0 Å². The molecular weight excluding hydrogens is 291 g/mol. The van der Waals surface area contributed by atoms with E-state index in [0.717, 1.165) is 23.6 Å². The summed E-state index contributed by atoms with van der Waals surface area (Å²) >= 11 is 0. The average molecular weight is 307 g/mol. The second kappa shape index (κ2) is 5.74. The van der Waals surface area contributed by atoms with Gasteiger partial charge in [0.1, 0.15) is 11.4 Å². The zero-order chi connectivity index (χ0) is 15.7. The minimum atomic E-state index is -1.20. The van der Waals surface area contributed by atoms with Crippen molar-refractivity contribution in [3.63, 3.8) is 0 Å². The average Bonchev–Trinajstić information content (AvgIpc) is 2.83. The molecule has 2 nitrogen and oxygen atoms in total. The van der Waals surface area contributed by atoms with Gasteiger partial charge in [-0.15, -0.1) is 0 Å². The first-order chi connectivity index (χ1) is 10.5. The molecule has 0 radical (unpaired) electrons. The lowest BCUT2D eigenvalue weighted by molar-refractivity contribution is 0.0384.